The molecule has 0 heterocycles. The third-order valence-electron chi connectivity index (χ3n) is 4.51. The SMILES string of the molecule is CNS(=O)(=O)c1ccc(CCC(=O)Nc2ccc(Oc3cccc(C)c3)cc2)cc1. The van der Waals surface area contributed by atoms with Crippen molar-refractivity contribution in [1.82, 2.24) is 4.72 Å². The first-order valence-electron chi connectivity index (χ1n) is 9.53. The number of carbonyl (C=O) groups excluding carboxylic acids is 1. The molecule has 3 aromatic rings. The number of sulfonamides is 1. The molecule has 7 heteroatoms. The minimum atomic E-state index is -3.45. The van der Waals surface area contributed by atoms with Crippen LogP contribution in [-0.2, 0) is 21.2 Å². The van der Waals surface area contributed by atoms with E-state index in [2.05, 4.69) is 10.0 Å². The quantitative estimate of drug-likeness (QED) is 0.566. The number of nitrogens with one attached hydrogen (secondary N) is 2. The monoisotopic (exact) mass is 424 g/mol. The van der Waals surface area contributed by atoms with Crippen LogP contribution >= 0.6 is 0 Å². The van der Waals surface area contributed by atoms with Crippen LogP contribution in [0.25, 0.3) is 0 Å². The van der Waals surface area contributed by atoms with Gasteiger partial charge in [-0.15, -0.1) is 0 Å². The molecule has 0 radical (unpaired) electrons. The van der Waals surface area contributed by atoms with E-state index in [4.69, 9.17) is 4.74 Å². The van der Waals surface area contributed by atoms with Gasteiger partial charge in [-0.25, -0.2) is 13.1 Å². The summed E-state index contributed by atoms with van der Waals surface area (Å²) in [5, 5.41) is 2.86. The number of hydrogen-bond donors (Lipinski definition) is 2. The van der Waals surface area contributed by atoms with Gasteiger partial charge in [0.05, 0.1) is 4.90 Å². The number of ether oxygens (including phenoxy) is 1. The van der Waals surface area contributed by atoms with Crippen LogP contribution in [0.1, 0.15) is 17.5 Å². The summed E-state index contributed by atoms with van der Waals surface area (Å²) in [6.45, 7) is 2.00. The first kappa shape index (κ1) is 21.5. The van der Waals surface area contributed by atoms with E-state index in [0.29, 0.717) is 24.3 Å². The maximum Gasteiger partial charge on any atom is 0.240 e. The lowest BCUT2D eigenvalue weighted by atomic mass is 10.1. The van der Waals surface area contributed by atoms with E-state index >= 15 is 0 Å². The zero-order valence-electron chi connectivity index (χ0n) is 16.9. The molecule has 3 rings (SSSR count). The van der Waals surface area contributed by atoms with E-state index in [1.165, 1.54) is 19.2 Å². The summed E-state index contributed by atoms with van der Waals surface area (Å²) in [5.74, 6) is 1.34. The van der Waals surface area contributed by atoms with Gasteiger partial charge in [0.25, 0.3) is 0 Å². The van der Waals surface area contributed by atoms with Crippen LogP contribution in [0.5, 0.6) is 11.5 Å². The van der Waals surface area contributed by atoms with Gasteiger partial charge in [0.15, 0.2) is 0 Å². The number of carbonyl (C=O) groups is 1. The van der Waals surface area contributed by atoms with Crippen molar-refractivity contribution < 1.29 is 17.9 Å². The molecule has 30 heavy (non-hydrogen) atoms. The first-order valence-corrected chi connectivity index (χ1v) is 11.0. The van der Waals surface area contributed by atoms with Gasteiger partial charge < -0.3 is 10.1 Å². The fourth-order valence-electron chi connectivity index (χ4n) is 2.86. The first-order chi connectivity index (χ1) is 14.4. The van der Waals surface area contributed by atoms with Crippen LogP contribution in [0.4, 0.5) is 5.69 Å². The van der Waals surface area contributed by atoms with E-state index in [0.717, 1.165) is 16.9 Å². The molecule has 1 amide bonds. The summed E-state index contributed by atoms with van der Waals surface area (Å²) in [4.78, 5) is 12.4. The van der Waals surface area contributed by atoms with Crippen molar-refractivity contribution in [3.63, 3.8) is 0 Å². The molecule has 0 aromatic heterocycles. The summed E-state index contributed by atoms with van der Waals surface area (Å²) in [7, 11) is -2.08. The van der Waals surface area contributed by atoms with Gasteiger partial charge >= 0.3 is 0 Å². The lowest BCUT2D eigenvalue weighted by molar-refractivity contribution is -0.116. The van der Waals surface area contributed by atoms with Crippen LogP contribution in [-0.4, -0.2) is 21.4 Å². The Balaban J connectivity index is 1.51. The Morgan fingerprint density at radius 3 is 2.27 bits per heavy atom. The molecule has 0 aliphatic carbocycles. The average molecular weight is 425 g/mol. The highest BCUT2D eigenvalue weighted by Gasteiger charge is 2.11. The number of rotatable bonds is 8. The Kier molecular flexibility index (Phi) is 6.87. The summed E-state index contributed by atoms with van der Waals surface area (Å²) in [5.41, 5.74) is 2.70. The predicted molar refractivity (Wildman–Crippen MR) is 117 cm³/mol. The Labute approximate surface area is 177 Å². The third kappa shape index (κ3) is 5.92. The van der Waals surface area contributed by atoms with Crippen molar-refractivity contribution in [3.8, 4) is 11.5 Å². The van der Waals surface area contributed by atoms with E-state index in [9.17, 15) is 13.2 Å². The third-order valence-corrected chi connectivity index (χ3v) is 5.94. The van der Waals surface area contributed by atoms with Gasteiger partial charge in [-0.1, -0.05) is 24.3 Å². The molecule has 0 spiro atoms. The summed E-state index contributed by atoms with van der Waals surface area (Å²) in [6, 6.07) is 21.5. The van der Waals surface area contributed by atoms with Crippen LogP contribution in [0.3, 0.4) is 0 Å². The molecule has 2 N–H and O–H groups in total. The zero-order valence-corrected chi connectivity index (χ0v) is 17.7. The maximum absolute atomic E-state index is 12.2. The molecule has 0 aliphatic heterocycles. The van der Waals surface area contributed by atoms with Gasteiger partial charge in [0.1, 0.15) is 11.5 Å². The van der Waals surface area contributed by atoms with Crippen LogP contribution in [0.15, 0.2) is 77.7 Å². The minimum absolute atomic E-state index is 0.116. The fraction of sp³-hybridized carbons (Fsp3) is 0.174. The molecule has 3 aromatic carbocycles. The molecule has 0 saturated carbocycles. The smallest absolute Gasteiger partial charge is 0.240 e. The van der Waals surface area contributed by atoms with Crippen molar-refractivity contribution in [2.75, 3.05) is 12.4 Å². The number of anilines is 1. The number of hydrogen-bond acceptors (Lipinski definition) is 4. The molecule has 0 saturated heterocycles. The van der Waals surface area contributed by atoms with Crippen molar-refractivity contribution in [1.29, 1.82) is 0 Å². The van der Waals surface area contributed by atoms with E-state index in [1.807, 2.05) is 31.2 Å². The van der Waals surface area contributed by atoms with Gasteiger partial charge in [-0.3, -0.25) is 4.79 Å². The van der Waals surface area contributed by atoms with E-state index in [-0.39, 0.29) is 10.8 Å². The van der Waals surface area contributed by atoms with Crippen LogP contribution < -0.4 is 14.8 Å². The highest BCUT2D eigenvalue weighted by molar-refractivity contribution is 7.89. The van der Waals surface area contributed by atoms with Crippen LogP contribution in [0.2, 0.25) is 0 Å². The second kappa shape index (κ2) is 9.56. The molecule has 0 atom stereocenters. The molecule has 0 aliphatic rings. The van der Waals surface area contributed by atoms with E-state index < -0.39 is 10.0 Å². The van der Waals surface area contributed by atoms with Crippen LogP contribution in [0, 0.1) is 6.92 Å². The maximum atomic E-state index is 12.2. The predicted octanol–water partition coefficient (Wildman–Crippen LogP) is 4.27. The highest BCUT2D eigenvalue weighted by Crippen LogP contribution is 2.23. The molecule has 0 bridgehead atoms. The average Bonchev–Trinajstić information content (AvgIpc) is 2.74. The van der Waals surface area contributed by atoms with Gasteiger partial charge in [0, 0.05) is 12.1 Å². The van der Waals surface area contributed by atoms with Gasteiger partial charge in [-0.2, -0.15) is 0 Å². The van der Waals surface area contributed by atoms with Gasteiger partial charge in [-0.05, 0) is 80.1 Å². The number of benzene rings is 3. The Morgan fingerprint density at radius 1 is 0.933 bits per heavy atom. The normalized spacial score (nSPS) is 11.1. The molecular weight excluding hydrogens is 400 g/mol. The summed E-state index contributed by atoms with van der Waals surface area (Å²) >= 11 is 0. The van der Waals surface area contributed by atoms with Crippen molar-refractivity contribution in [3.05, 3.63) is 83.9 Å². The topological polar surface area (TPSA) is 84.5 Å². The summed E-state index contributed by atoms with van der Waals surface area (Å²) in [6.07, 6.45) is 0.805. The molecule has 156 valence electrons. The number of aryl methyl sites for hydroxylation is 2. The minimum Gasteiger partial charge on any atom is -0.457 e. The second-order valence-corrected chi connectivity index (χ2v) is 8.73. The Morgan fingerprint density at radius 2 is 1.63 bits per heavy atom. The van der Waals surface area contributed by atoms with Gasteiger partial charge in [0.2, 0.25) is 15.9 Å². The standard InChI is InChI=1S/C23H24N2O4S/c1-17-4-3-5-21(16-17)29-20-11-9-19(10-12-20)25-23(26)15-8-18-6-13-22(14-7-18)30(27,28)24-2/h3-7,9-14,16,24H,8,15H2,1-2H3,(H,25,26). The summed E-state index contributed by atoms with van der Waals surface area (Å²) < 4.78 is 31.6. The Hall–Kier alpha value is -3.16. The van der Waals surface area contributed by atoms with Crippen molar-refractivity contribution in [2.45, 2.75) is 24.7 Å². The Bertz CT molecular complexity index is 1110. The molecule has 6 nitrogen and oxygen atoms in total. The zero-order chi connectivity index (χ0) is 21.6. The van der Waals surface area contributed by atoms with E-state index in [1.54, 1.807) is 36.4 Å². The van der Waals surface area contributed by atoms with Crippen molar-refractivity contribution >= 4 is 21.6 Å². The van der Waals surface area contributed by atoms with Crippen molar-refractivity contribution in [2.24, 2.45) is 0 Å². The molecule has 0 fully saturated rings. The molecule has 0 unspecified atom stereocenters. The lowest BCUT2D eigenvalue weighted by Gasteiger charge is -2.09. The largest absolute Gasteiger partial charge is 0.457 e. The second-order valence-electron chi connectivity index (χ2n) is 6.84. The highest BCUT2D eigenvalue weighted by atomic mass is 32.2. The number of amides is 1. The molecular formula is C23H24N2O4S. The fourth-order valence-corrected chi connectivity index (χ4v) is 3.59. The lowest BCUT2D eigenvalue weighted by Crippen LogP contribution is -2.18.